The fourth-order valence-corrected chi connectivity index (χ4v) is 4.67. The van der Waals surface area contributed by atoms with Gasteiger partial charge in [-0.1, -0.05) is 35.9 Å². The van der Waals surface area contributed by atoms with Crippen molar-refractivity contribution in [1.29, 1.82) is 0 Å². The lowest BCUT2D eigenvalue weighted by molar-refractivity contribution is 0.0796. The molecule has 0 fully saturated rings. The minimum Gasteiger partial charge on any atom is -0.330 e. The van der Waals surface area contributed by atoms with Gasteiger partial charge in [-0.25, -0.2) is 4.98 Å². The van der Waals surface area contributed by atoms with Crippen LogP contribution in [0.2, 0.25) is 5.02 Å². The first-order chi connectivity index (χ1) is 14.4. The number of nitrogens with one attached hydrogen (secondary N) is 1. The molecule has 2 aromatic heterocycles. The Labute approximate surface area is 184 Å². The van der Waals surface area contributed by atoms with Gasteiger partial charge in [0.15, 0.2) is 0 Å². The molecule has 0 saturated heterocycles. The van der Waals surface area contributed by atoms with Gasteiger partial charge in [0, 0.05) is 24.2 Å². The number of hydrogen-bond donors (Lipinski definition) is 1. The number of carbonyl (C=O) groups is 2. The third-order valence-electron chi connectivity index (χ3n) is 4.52. The lowest BCUT2D eigenvalue weighted by atomic mass is 10.1. The van der Waals surface area contributed by atoms with Crippen LogP contribution in [0.1, 0.15) is 31.3 Å². The summed E-state index contributed by atoms with van der Waals surface area (Å²) in [6.07, 6.45) is 3.31. The van der Waals surface area contributed by atoms with Gasteiger partial charge in [-0.2, -0.15) is 0 Å². The van der Waals surface area contributed by atoms with Crippen LogP contribution in [0.5, 0.6) is 0 Å². The summed E-state index contributed by atoms with van der Waals surface area (Å²) in [6.45, 7) is 12.0. The maximum Gasteiger partial charge on any atom is 0.266 e. The minimum absolute atomic E-state index is 0.218. The Morgan fingerprint density at radius 2 is 1.87 bits per heavy atom. The summed E-state index contributed by atoms with van der Waals surface area (Å²) < 4.78 is 0. The largest absolute Gasteiger partial charge is 0.330 e. The second kappa shape index (κ2) is 9.24. The number of anilines is 1. The van der Waals surface area contributed by atoms with Crippen LogP contribution in [-0.2, 0) is 0 Å². The highest BCUT2D eigenvalue weighted by Gasteiger charge is 2.26. The molecule has 0 unspecified atom stereocenters. The molecule has 154 valence electrons. The van der Waals surface area contributed by atoms with E-state index >= 15 is 0 Å². The van der Waals surface area contributed by atoms with Gasteiger partial charge in [0.2, 0.25) is 0 Å². The predicted molar refractivity (Wildman–Crippen MR) is 125 cm³/mol. The van der Waals surface area contributed by atoms with E-state index in [0.717, 1.165) is 16.6 Å². The number of amides is 2. The molecule has 0 aliphatic heterocycles. The second-order valence-electron chi connectivity index (χ2n) is 6.79. The lowest BCUT2D eigenvalue weighted by Crippen LogP contribution is -2.31. The van der Waals surface area contributed by atoms with Crippen LogP contribution in [0, 0.1) is 13.8 Å². The van der Waals surface area contributed by atoms with Crippen molar-refractivity contribution < 1.29 is 9.59 Å². The zero-order valence-electron chi connectivity index (χ0n) is 16.9. The average Bonchev–Trinajstić information content (AvgIpc) is 3.05. The van der Waals surface area contributed by atoms with Crippen LogP contribution < -0.4 is 5.32 Å². The van der Waals surface area contributed by atoms with Crippen LogP contribution in [0.15, 0.2) is 55.6 Å². The van der Waals surface area contributed by atoms with E-state index < -0.39 is 0 Å². The van der Waals surface area contributed by atoms with E-state index in [1.165, 1.54) is 11.3 Å². The van der Waals surface area contributed by atoms with Gasteiger partial charge in [-0.05, 0) is 37.6 Å². The number of hydrogen-bond acceptors (Lipinski definition) is 4. The Hall–Kier alpha value is -2.96. The number of benzene rings is 1. The molecule has 2 heterocycles. The molecule has 0 radical (unpaired) electrons. The van der Waals surface area contributed by atoms with Crippen molar-refractivity contribution in [3.05, 3.63) is 82.4 Å². The third-order valence-corrected chi connectivity index (χ3v) is 5.93. The van der Waals surface area contributed by atoms with E-state index in [1.54, 1.807) is 41.3 Å². The van der Waals surface area contributed by atoms with Crippen molar-refractivity contribution in [3.63, 3.8) is 0 Å². The van der Waals surface area contributed by atoms with Crippen LogP contribution in [0.25, 0.3) is 10.2 Å². The molecule has 30 heavy (non-hydrogen) atoms. The Morgan fingerprint density at radius 3 is 2.50 bits per heavy atom. The van der Waals surface area contributed by atoms with Crippen LogP contribution in [0.3, 0.4) is 0 Å². The van der Waals surface area contributed by atoms with Gasteiger partial charge < -0.3 is 10.2 Å². The summed E-state index contributed by atoms with van der Waals surface area (Å²) in [6, 6.07) is 8.72. The highest BCUT2D eigenvalue weighted by molar-refractivity contribution is 7.21. The molecule has 0 atom stereocenters. The maximum atomic E-state index is 13.3. The van der Waals surface area contributed by atoms with Gasteiger partial charge >= 0.3 is 0 Å². The molecule has 1 aromatic carbocycles. The smallest absolute Gasteiger partial charge is 0.266 e. The van der Waals surface area contributed by atoms with Crippen molar-refractivity contribution in [2.45, 2.75) is 13.8 Å². The Bertz CT molecular complexity index is 1140. The Kier molecular flexibility index (Phi) is 6.70. The summed E-state index contributed by atoms with van der Waals surface area (Å²) in [4.78, 5) is 33.6. The molecule has 0 aliphatic rings. The number of aromatic nitrogens is 1. The number of pyridine rings is 1. The lowest BCUT2D eigenvalue weighted by Gasteiger charge is -2.19. The van der Waals surface area contributed by atoms with E-state index in [1.807, 2.05) is 19.9 Å². The summed E-state index contributed by atoms with van der Waals surface area (Å²) in [5.41, 5.74) is 2.57. The monoisotopic (exact) mass is 439 g/mol. The van der Waals surface area contributed by atoms with Crippen molar-refractivity contribution in [1.82, 2.24) is 9.88 Å². The molecule has 0 aliphatic carbocycles. The highest BCUT2D eigenvalue weighted by Crippen LogP contribution is 2.38. The van der Waals surface area contributed by atoms with Crippen molar-refractivity contribution in [3.8, 4) is 0 Å². The van der Waals surface area contributed by atoms with E-state index in [2.05, 4.69) is 23.5 Å². The number of rotatable bonds is 7. The number of aryl methyl sites for hydroxylation is 2. The zero-order valence-corrected chi connectivity index (χ0v) is 18.4. The molecule has 3 rings (SSSR count). The predicted octanol–water partition coefficient (Wildman–Crippen LogP) is 5.63. The fraction of sp³-hybridized carbons (Fsp3) is 0.174. The van der Waals surface area contributed by atoms with Crippen molar-refractivity contribution >= 4 is 50.7 Å². The summed E-state index contributed by atoms with van der Waals surface area (Å²) in [5, 5.41) is 4.02. The van der Waals surface area contributed by atoms with Crippen molar-refractivity contribution in [2.24, 2.45) is 0 Å². The highest BCUT2D eigenvalue weighted by atomic mass is 35.5. The van der Waals surface area contributed by atoms with E-state index in [4.69, 9.17) is 11.6 Å². The van der Waals surface area contributed by atoms with Crippen LogP contribution >= 0.6 is 22.9 Å². The molecule has 0 spiro atoms. The quantitative estimate of drug-likeness (QED) is 0.485. The molecular weight excluding hydrogens is 418 g/mol. The van der Waals surface area contributed by atoms with Gasteiger partial charge in [0.1, 0.15) is 9.71 Å². The SMILES string of the molecule is C=CCN(CC=C)C(=O)c1sc2nc(C)cc(C)c2c1NC(=O)c1ccccc1Cl. The first-order valence-corrected chi connectivity index (χ1v) is 10.5. The Morgan fingerprint density at radius 1 is 1.20 bits per heavy atom. The first kappa shape index (κ1) is 21.7. The molecule has 3 aromatic rings. The van der Waals surface area contributed by atoms with E-state index in [9.17, 15) is 9.59 Å². The standard InChI is InChI=1S/C23H22ClN3O2S/c1-5-11-27(12-6-2)23(29)20-19(18-14(3)13-15(4)25-22(18)30-20)26-21(28)16-9-7-8-10-17(16)24/h5-10,13H,1-2,11-12H2,3-4H3,(H,26,28). The third kappa shape index (κ3) is 4.30. The average molecular weight is 440 g/mol. The number of nitrogens with zero attached hydrogens (tertiary/aromatic N) is 2. The first-order valence-electron chi connectivity index (χ1n) is 9.35. The van der Waals surface area contributed by atoms with Gasteiger partial charge in [-0.15, -0.1) is 24.5 Å². The zero-order chi connectivity index (χ0) is 21.8. The normalized spacial score (nSPS) is 10.6. The molecule has 0 saturated carbocycles. The summed E-state index contributed by atoms with van der Waals surface area (Å²) in [7, 11) is 0. The number of carbonyl (C=O) groups excluding carboxylic acids is 2. The second-order valence-corrected chi connectivity index (χ2v) is 8.19. The number of halogens is 1. The fourth-order valence-electron chi connectivity index (χ4n) is 3.23. The van der Waals surface area contributed by atoms with Gasteiger partial charge in [-0.3, -0.25) is 9.59 Å². The number of fused-ring (bicyclic) bond motifs is 1. The summed E-state index contributed by atoms with van der Waals surface area (Å²) >= 11 is 7.46. The van der Waals surface area contributed by atoms with Crippen LogP contribution in [0.4, 0.5) is 5.69 Å². The molecule has 0 bridgehead atoms. The maximum absolute atomic E-state index is 13.3. The van der Waals surface area contributed by atoms with Gasteiger partial charge in [0.25, 0.3) is 11.8 Å². The minimum atomic E-state index is -0.381. The molecule has 2 amide bonds. The van der Waals surface area contributed by atoms with Gasteiger partial charge in [0.05, 0.1) is 16.3 Å². The van der Waals surface area contributed by atoms with E-state index in [0.29, 0.717) is 39.1 Å². The topological polar surface area (TPSA) is 62.3 Å². The molecule has 1 N–H and O–H groups in total. The molecule has 5 nitrogen and oxygen atoms in total. The molecular formula is C23H22ClN3O2S. The van der Waals surface area contributed by atoms with Crippen LogP contribution in [-0.4, -0.2) is 34.8 Å². The number of thiophene rings is 1. The molecule has 7 heteroatoms. The van der Waals surface area contributed by atoms with Crippen molar-refractivity contribution in [2.75, 3.05) is 18.4 Å². The van der Waals surface area contributed by atoms with E-state index in [-0.39, 0.29) is 11.8 Å². The summed E-state index contributed by atoms with van der Waals surface area (Å²) in [5.74, 6) is -0.599. The Balaban J connectivity index is 2.15.